The monoisotopic (exact) mass is 362 g/mol. The quantitative estimate of drug-likeness (QED) is 0.884. The molecule has 1 saturated heterocycles. The number of carbonyl (C=O) groups is 2. The number of hydrogen-bond acceptors (Lipinski definition) is 4. The van der Waals surface area contributed by atoms with Crippen LogP contribution >= 0.6 is 0 Å². The van der Waals surface area contributed by atoms with E-state index in [-0.39, 0.29) is 24.2 Å². The third-order valence-electron chi connectivity index (χ3n) is 4.39. The van der Waals surface area contributed by atoms with Gasteiger partial charge in [-0.2, -0.15) is 0 Å². The van der Waals surface area contributed by atoms with Crippen molar-refractivity contribution in [1.82, 2.24) is 10.2 Å². The molecule has 6 heteroatoms. The summed E-state index contributed by atoms with van der Waals surface area (Å²) in [6, 6.07) is 9.50. The van der Waals surface area contributed by atoms with Gasteiger partial charge in [0.25, 0.3) is 0 Å². The zero-order valence-corrected chi connectivity index (χ0v) is 16.4. The number of carbonyl (C=O) groups excluding carboxylic acids is 2. The predicted molar refractivity (Wildman–Crippen MR) is 99.8 cm³/mol. The molecule has 2 rings (SSSR count). The van der Waals surface area contributed by atoms with Crippen LogP contribution in [0.15, 0.2) is 30.3 Å². The highest BCUT2D eigenvalue weighted by molar-refractivity contribution is 5.69. The number of piperidine rings is 1. The lowest BCUT2D eigenvalue weighted by Crippen LogP contribution is -2.57. The van der Waals surface area contributed by atoms with Gasteiger partial charge in [-0.25, -0.2) is 9.59 Å². The van der Waals surface area contributed by atoms with Crippen molar-refractivity contribution < 1.29 is 19.1 Å². The van der Waals surface area contributed by atoms with E-state index in [9.17, 15) is 9.59 Å². The molecule has 2 amide bonds. The van der Waals surface area contributed by atoms with Crippen molar-refractivity contribution in [3.8, 4) is 0 Å². The van der Waals surface area contributed by atoms with Gasteiger partial charge in [-0.15, -0.1) is 0 Å². The topological polar surface area (TPSA) is 67.9 Å². The lowest BCUT2D eigenvalue weighted by molar-refractivity contribution is 0.00216. The van der Waals surface area contributed by atoms with Gasteiger partial charge in [0.15, 0.2) is 0 Å². The molecule has 1 aliphatic heterocycles. The minimum absolute atomic E-state index is 0.0653. The van der Waals surface area contributed by atoms with E-state index in [1.807, 2.05) is 65.0 Å². The molecule has 1 aromatic carbocycles. The molecular formula is C20H30N2O4. The van der Waals surface area contributed by atoms with Crippen LogP contribution in [0.1, 0.15) is 46.6 Å². The van der Waals surface area contributed by atoms with Crippen molar-refractivity contribution in [3.63, 3.8) is 0 Å². The van der Waals surface area contributed by atoms with Crippen LogP contribution in [0.4, 0.5) is 9.59 Å². The number of likely N-dealkylation sites (tertiary alicyclic amines) is 1. The van der Waals surface area contributed by atoms with Gasteiger partial charge in [-0.05, 0) is 32.8 Å². The average Bonchev–Trinajstić information content (AvgIpc) is 2.54. The van der Waals surface area contributed by atoms with Crippen LogP contribution < -0.4 is 5.32 Å². The summed E-state index contributed by atoms with van der Waals surface area (Å²) in [6.07, 6.45) is -0.0829. The van der Waals surface area contributed by atoms with E-state index in [0.717, 1.165) is 5.56 Å². The van der Waals surface area contributed by atoms with E-state index in [4.69, 9.17) is 9.47 Å². The lowest BCUT2D eigenvalue weighted by atomic mass is 9.79. The van der Waals surface area contributed by atoms with Crippen molar-refractivity contribution in [1.29, 1.82) is 0 Å². The molecule has 0 spiro atoms. The first-order valence-electron chi connectivity index (χ1n) is 9.02. The molecule has 26 heavy (non-hydrogen) atoms. The number of ether oxygens (including phenoxy) is 2. The van der Waals surface area contributed by atoms with Gasteiger partial charge >= 0.3 is 12.2 Å². The van der Waals surface area contributed by atoms with Crippen molar-refractivity contribution >= 4 is 12.2 Å². The summed E-state index contributed by atoms with van der Waals surface area (Å²) in [5.74, 6) is 0. The lowest BCUT2D eigenvalue weighted by Gasteiger charge is -2.44. The summed E-state index contributed by atoms with van der Waals surface area (Å²) in [4.78, 5) is 26.1. The molecule has 1 heterocycles. The molecule has 144 valence electrons. The van der Waals surface area contributed by atoms with Crippen molar-refractivity contribution in [2.75, 3.05) is 13.1 Å². The maximum absolute atomic E-state index is 12.3. The minimum Gasteiger partial charge on any atom is -0.445 e. The fourth-order valence-corrected chi connectivity index (χ4v) is 3.01. The Morgan fingerprint density at radius 1 is 1.23 bits per heavy atom. The van der Waals surface area contributed by atoms with Gasteiger partial charge in [-0.1, -0.05) is 44.2 Å². The summed E-state index contributed by atoms with van der Waals surface area (Å²) >= 11 is 0. The second-order valence-corrected chi connectivity index (χ2v) is 8.44. The molecule has 0 radical (unpaired) electrons. The Kier molecular flexibility index (Phi) is 6.16. The minimum atomic E-state index is -0.516. The van der Waals surface area contributed by atoms with Crippen LogP contribution in [0, 0.1) is 5.41 Å². The number of alkyl carbamates (subject to hydrolysis) is 1. The van der Waals surface area contributed by atoms with Crippen LogP contribution in [-0.4, -0.2) is 41.8 Å². The maximum atomic E-state index is 12.3. The van der Waals surface area contributed by atoms with Gasteiger partial charge in [0.2, 0.25) is 0 Å². The van der Waals surface area contributed by atoms with Gasteiger partial charge < -0.3 is 19.7 Å². The molecule has 0 aliphatic carbocycles. The Labute approximate surface area is 155 Å². The van der Waals surface area contributed by atoms with Crippen molar-refractivity contribution in [2.24, 2.45) is 5.41 Å². The summed E-state index contributed by atoms with van der Waals surface area (Å²) in [5.41, 5.74) is 0.153. The molecule has 0 bridgehead atoms. The van der Waals surface area contributed by atoms with Crippen LogP contribution in [0.3, 0.4) is 0 Å². The van der Waals surface area contributed by atoms with Crippen molar-refractivity contribution in [3.05, 3.63) is 35.9 Å². The zero-order valence-electron chi connectivity index (χ0n) is 16.4. The van der Waals surface area contributed by atoms with E-state index in [1.165, 1.54) is 0 Å². The normalized spacial score (nSPS) is 19.6. The van der Waals surface area contributed by atoms with E-state index in [0.29, 0.717) is 19.5 Å². The Bertz CT molecular complexity index is 622. The second-order valence-electron chi connectivity index (χ2n) is 8.44. The predicted octanol–water partition coefficient (Wildman–Crippen LogP) is 3.95. The van der Waals surface area contributed by atoms with Crippen LogP contribution in [0.25, 0.3) is 0 Å². The number of hydrogen-bond donors (Lipinski definition) is 1. The third kappa shape index (κ3) is 5.93. The summed E-state index contributed by atoms with van der Waals surface area (Å²) in [7, 11) is 0. The second kappa shape index (κ2) is 7.98. The van der Waals surface area contributed by atoms with Gasteiger partial charge in [0, 0.05) is 24.5 Å². The molecule has 0 aromatic heterocycles. The number of nitrogens with zero attached hydrogens (tertiary/aromatic N) is 1. The number of rotatable bonds is 3. The van der Waals surface area contributed by atoms with E-state index < -0.39 is 11.7 Å². The Morgan fingerprint density at radius 2 is 1.88 bits per heavy atom. The molecule has 1 aliphatic rings. The standard InChI is InChI=1S/C20H30N2O4/c1-19(2,3)26-18(24)22-12-11-16(20(4,5)14-22)21-17(23)25-13-15-9-7-6-8-10-15/h6-10,16H,11-14H2,1-5H3,(H,21,23). The fraction of sp³-hybridized carbons (Fsp3) is 0.600. The van der Waals surface area contributed by atoms with E-state index in [2.05, 4.69) is 5.32 Å². The first kappa shape index (κ1) is 20.1. The highest BCUT2D eigenvalue weighted by Crippen LogP contribution is 2.30. The van der Waals surface area contributed by atoms with Crippen LogP contribution in [0.2, 0.25) is 0 Å². The highest BCUT2D eigenvalue weighted by atomic mass is 16.6. The van der Waals surface area contributed by atoms with E-state index in [1.54, 1.807) is 4.90 Å². The Balaban J connectivity index is 1.85. The SMILES string of the molecule is CC(C)(C)OC(=O)N1CCC(NC(=O)OCc2ccccc2)C(C)(C)C1. The van der Waals surface area contributed by atoms with Gasteiger partial charge in [0.1, 0.15) is 12.2 Å². The van der Waals surface area contributed by atoms with Crippen LogP contribution in [-0.2, 0) is 16.1 Å². The molecule has 1 atom stereocenters. The average molecular weight is 362 g/mol. The summed E-state index contributed by atoms with van der Waals surface area (Å²) < 4.78 is 10.8. The van der Waals surface area contributed by atoms with Gasteiger partial charge in [-0.3, -0.25) is 0 Å². The summed E-state index contributed by atoms with van der Waals surface area (Å²) in [5, 5.41) is 2.95. The van der Waals surface area contributed by atoms with Crippen molar-refractivity contribution in [2.45, 2.75) is 59.3 Å². The Hall–Kier alpha value is -2.24. The van der Waals surface area contributed by atoms with Gasteiger partial charge in [0.05, 0.1) is 0 Å². The fourth-order valence-electron chi connectivity index (χ4n) is 3.01. The first-order chi connectivity index (χ1) is 12.1. The molecule has 6 nitrogen and oxygen atoms in total. The third-order valence-corrected chi connectivity index (χ3v) is 4.39. The maximum Gasteiger partial charge on any atom is 0.410 e. The smallest absolute Gasteiger partial charge is 0.410 e. The zero-order chi connectivity index (χ0) is 19.4. The Morgan fingerprint density at radius 3 is 2.46 bits per heavy atom. The number of nitrogens with one attached hydrogen (secondary N) is 1. The van der Waals surface area contributed by atoms with Crippen LogP contribution in [0.5, 0.6) is 0 Å². The molecule has 1 fully saturated rings. The van der Waals surface area contributed by atoms with E-state index >= 15 is 0 Å². The largest absolute Gasteiger partial charge is 0.445 e. The highest BCUT2D eigenvalue weighted by Gasteiger charge is 2.39. The molecule has 1 aromatic rings. The molecule has 0 saturated carbocycles. The molecule has 1 N–H and O–H groups in total. The number of benzene rings is 1. The number of amides is 2. The summed E-state index contributed by atoms with van der Waals surface area (Å²) in [6.45, 7) is 10.9. The molecular weight excluding hydrogens is 332 g/mol. The molecule has 1 unspecified atom stereocenters. The first-order valence-corrected chi connectivity index (χ1v) is 9.02.